The summed E-state index contributed by atoms with van der Waals surface area (Å²) in [6.45, 7) is 4.03. The zero-order valence-corrected chi connectivity index (χ0v) is 8.68. The normalized spacial score (nSPS) is 23.4. The number of hydrogen-bond donors (Lipinski definition) is 1. The average Bonchev–Trinajstić information content (AvgIpc) is 2.52. The van der Waals surface area contributed by atoms with Crippen molar-refractivity contribution in [2.24, 2.45) is 0 Å². The van der Waals surface area contributed by atoms with E-state index in [4.69, 9.17) is 0 Å². The minimum atomic E-state index is 0.136. The lowest BCUT2D eigenvalue weighted by atomic mass is 10.2. The van der Waals surface area contributed by atoms with E-state index in [-0.39, 0.29) is 11.9 Å². The van der Waals surface area contributed by atoms with Crippen molar-refractivity contribution < 1.29 is 4.79 Å². The highest BCUT2D eigenvalue weighted by molar-refractivity contribution is 5.81. The number of unbranched alkanes of at least 4 members (excludes halogenated alkanes) is 1. The van der Waals surface area contributed by atoms with E-state index in [0.29, 0.717) is 0 Å². The summed E-state index contributed by atoms with van der Waals surface area (Å²) in [6.07, 6.45) is 4.40. The number of carbonyl (C=O) groups excluding carboxylic acids is 1. The Hall–Kier alpha value is -0.570. The Morgan fingerprint density at radius 2 is 2.38 bits per heavy atom. The Morgan fingerprint density at radius 3 is 2.92 bits per heavy atom. The van der Waals surface area contributed by atoms with Crippen molar-refractivity contribution >= 4 is 5.91 Å². The Balaban J connectivity index is 2.22. The number of hydrogen-bond acceptors (Lipinski definition) is 2. The third-order valence-electron chi connectivity index (χ3n) is 2.65. The molecule has 76 valence electrons. The molecule has 0 spiro atoms. The highest BCUT2D eigenvalue weighted by Gasteiger charge is 2.26. The molecule has 1 heterocycles. The van der Waals surface area contributed by atoms with E-state index >= 15 is 0 Å². The lowest BCUT2D eigenvalue weighted by Crippen LogP contribution is -2.41. The van der Waals surface area contributed by atoms with Crippen LogP contribution in [0, 0.1) is 0 Å². The molecule has 1 amide bonds. The molecule has 1 aliphatic rings. The van der Waals surface area contributed by atoms with Gasteiger partial charge in [-0.2, -0.15) is 0 Å². The summed E-state index contributed by atoms with van der Waals surface area (Å²) in [6, 6.07) is 0.136. The van der Waals surface area contributed by atoms with Gasteiger partial charge in [0.1, 0.15) is 0 Å². The molecule has 3 heteroatoms. The Morgan fingerprint density at radius 1 is 1.62 bits per heavy atom. The van der Waals surface area contributed by atoms with Gasteiger partial charge < -0.3 is 5.32 Å². The van der Waals surface area contributed by atoms with Crippen LogP contribution in [0.3, 0.4) is 0 Å². The molecule has 1 N–H and O–H groups in total. The SMILES string of the molecule is CCCCNC(=O)C1CCCN1C. The summed E-state index contributed by atoms with van der Waals surface area (Å²) in [4.78, 5) is 13.7. The molecular weight excluding hydrogens is 164 g/mol. The number of nitrogens with zero attached hydrogens (tertiary/aromatic N) is 1. The van der Waals surface area contributed by atoms with Crippen LogP contribution >= 0.6 is 0 Å². The van der Waals surface area contributed by atoms with Crippen LogP contribution in [0.4, 0.5) is 0 Å². The molecule has 0 aliphatic carbocycles. The van der Waals surface area contributed by atoms with Crippen LogP contribution in [-0.4, -0.2) is 37.0 Å². The highest BCUT2D eigenvalue weighted by atomic mass is 16.2. The molecule has 1 atom stereocenters. The molecule has 1 unspecified atom stereocenters. The number of carbonyl (C=O) groups is 1. The molecule has 1 saturated heterocycles. The molecule has 13 heavy (non-hydrogen) atoms. The van der Waals surface area contributed by atoms with Crippen molar-refractivity contribution in [3.63, 3.8) is 0 Å². The first-order chi connectivity index (χ1) is 6.25. The topological polar surface area (TPSA) is 32.3 Å². The fourth-order valence-corrected chi connectivity index (χ4v) is 1.75. The Bertz CT molecular complexity index is 170. The molecular formula is C10H20N2O. The van der Waals surface area contributed by atoms with Gasteiger partial charge in [0, 0.05) is 6.54 Å². The van der Waals surface area contributed by atoms with E-state index in [0.717, 1.165) is 38.8 Å². The molecule has 0 aromatic carbocycles. The third kappa shape index (κ3) is 2.99. The van der Waals surface area contributed by atoms with Crippen LogP contribution in [0.15, 0.2) is 0 Å². The maximum absolute atomic E-state index is 11.6. The maximum atomic E-state index is 11.6. The molecule has 1 aliphatic heterocycles. The molecule has 0 bridgehead atoms. The van der Waals surface area contributed by atoms with Gasteiger partial charge in [0.05, 0.1) is 6.04 Å². The fourth-order valence-electron chi connectivity index (χ4n) is 1.75. The van der Waals surface area contributed by atoms with Crippen LogP contribution in [0.2, 0.25) is 0 Å². The van der Waals surface area contributed by atoms with Gasteiger partial charge in [0.2, 0.25) is 5.91 Å². The summed E-state index contributed by atoms with van der Waals surface area (Å²) in [5.74, 6) is 0.216. The lowest BCUT2D eigenvalue weighted by Gasteiger charge is -2.18. The predicted octanol–water partition coefficient (Wildman–Crippen LogP) is 0.997. The third-order valence-corrected chi connectivity index (χ3v) is 2.65. The predicted molar refractivity (Wildman–Crippen MR) is 53.6 cm³/mol. The smallest absolute Gasteiger partial charge is 0.237 e. The first-order valence-electron chi connectivity index (χ1n) is 5.23. The van der Waals surface area contributed by atoms with Crippen molar-refractivity contribution in [2.45, 2.75) is 38.6 Å². The highest BCUT2D eigenvalue weighted by Crippen LogP contribution is 2.14. The van der Waals surface area contributed by atoms with Crippen molar-refractivity contribution in [2.75, 3.05) is 20.1 Å². The van der Waals surface area contributed by atoms with Crippen LogP contribution in [0.1, 0.15) is 32.6 Å². The van der Waals surface area contributed by atoms with E-state index in [1.807, 2.05) is 7.05 Å². The second-order valence-corrected chi connectivity index (χ2v) is 3.78. The van der Waals surface area contributed by atoms with Crippen LogP contribution in [0.25, 0.3) is 0 Å². The molecule has 1 fully saturated rings. The van der Waals surface area contributed by atoms with Gasteiger partial charge in [0.25, 0.3) is 0 Å². The molecule has 0 aromatic rings. The Labute approximate surface area is 80.5 Å². The minimum Gasteiger partial charge on any atom is -0.355 e. The van der Waals surface area contributed by atoms with Gasteiger partial charge in [-0.15, -0.1) is 0 Å². The van der Waals surface area contributed by atoms with Crippen molar-refractivity contribution in [1.82, 2.24) is 10.2 Å². The van der Waals surface area contributed by atoms with Gasteiger partial charge in [-0.25, -0.2) is 0 Å². The number of likely N-dealkylation sites (N-methyl/N-ethyl adjacent to an activating group) is 1. The number of likely N-dealkylation sites (tertiary alicyclic amines) is 1. The number of rotatable bonds is 4. The zero-order chi connectivity index (χ0) is 9.68. The van der Waals surface area contributed by atoms with E-state index < -0.39 is 0 Å². The largest absolute Gasteiger partial charge is 0.355 e. The quantitative estimate of drug-likeness (QED) is 0.661. The van der Waals surface area contributed by atoms with Crippen molar-refractivity contribution in [3.8, 4) is 0 Å². The first kappa shape index (κ1) is 10.5. The van der Waals surface area contributed by atoms with Crippen LogP contribution in [0.5, 0.6) is 0 Å². The van der Waals surface area contributed by atoms with E-state index in [2.05, 4.69) is 17.1 Å². The number of nitrogens with one attached hydrogen (secondary N) is 1. The van der Waals surface area contributed by atoms with E-state index in [9.17, 15) is 4.79 Å². The van der Waals surface area contributed by atoms with Crippen LogP contribution < -0.4 is 5.32 Å². The minimum absolute atomic E-state index is 0.136. The van der Waals surface area contributed by atoms with Gasteiger partial charge in [0.15, 0.2) is 0 Å². The summed E-state index contributed by atoms with van der Waals surface area (Å²) in [5.41, 5.74) is 0. The van der Waals surface area contributed by atoms with E-state index in [1.165, 1.54) is 0 Å². The Kier molecular flexibility index (Phi) is 4.22. The van der Waals surface area contributed by atoms with Crippen LogP contribution in [-0.2, 0) is 4.79 Å². The monoisotopic (exact) mass is 184 g/mol. The van der Waals surface area contributed by atoms with Crippen molar-refractivity contribution in [1.29, 1.82) is 0 Å². The van der Waals surface area contributed by atoms with Gasteiger partial charge in [-0.05, 0) is 32.9 Å². The lowest BCUT2D eigenvalue weighted by molar-refractivity contribution is -0.125. The summed E-state index contributed by atoms with van der Waals surface area (Å²) < 4.78 is 0. The summed E-state index contributed by atoms with van der Waals surface area (Å²) in [7, 11) is 2.02. The number of amides is 1. The molecule has 0 aromatic heterocycles. The molecule has 3 nitrogen and oxygen atoms in total. The fraction of sp³-hybridized carbons (Fsp3) is 0.900. The van der Waals surface area contributed by atoms with Crippen molar-refractivity contribution in [3.05, 3.63) is 0 Å². The standard InChI is InChI=1S/C10H20N2O/c1-3-4-7-11-10(13)9-6-5-8-12(9)2/h9H,3-8H2,1-2H3,(H,11,13). The molecule has 0 radical (unpaired) electrons. The van der Waals surface area contributed by atoms with E-state index in [1.54, 1.807) is 0 Å². The molecule has 0 saturated carbocycles. The second-order valence-electron chi connectivity index (χ2n) is 3.78. The maximum Gasteiger partial charge on any atom is 0.237 e. The first-order valence-corrected chi connectivity index (χ1v) is 5.23. The average molecular weight is 184 g/mol. The van der Waals surface area contributed by atoms with Gasteiger partial charge in [-0.3, -0.25) is 9.69 Å². The zero-order valence-electron chi connectivity index (χ0n) is 8.68. The molecule has 1 rings (SSSR count). The van der Waals surface area contributed by atoms with Gasteiger partial charge >= 0.3 is 0 Å². The summed E-state index contributed by atoms with van der Waals surface area (Å²) in [5, 5.41) is 2.98. The summed E-state index contributed by atoms with van der Waals surface area (Å²) >= 11 is 0. The second kappa shape index (κ2) is 5.22. The van der Waals surface area contributed by atoms with Gasteiger partial charge in [-0.1, -0.05) is 13.3 Å².